The summed E-state index contributed by atoms with van der Waals surface area (Å²) in [6, 6.07) is 8.24. The number of hydrogen-bond donors (Lipinski definition) is 1. The van der Waals surface area contributed by atoms with Gasteiger partial charge in [-0.2, -0.15) is 0 Å². The average Bonchev–Trinajstić information content (AvgIpc) is 3.21. The molecule has 1 aromatic carbocycles. The van der Waals surface area contributed by atoms with Gasteiger partial charge in [-0.15, -0.1) is 11.3 Å². The predicted molar refractivity (Wildman–Crippen MR) is 96.0 cm³/mol. The third-order valence-corrected chi connectivity index (χ3v) is 6.57. The topological polar surface area (TPSA) is 53.4 Å². The van der Waals surface area contributed by atoms with Crippen molar-refractivity contribution >= 4 is 27.5 Å². The molecule has 24 heavy (non-hydrogen) atoms. The van der Waals surface area contributed by atoms with Crippen molar-refractivity contribution in [3.63, 3.8) is 0 Å². The van der Waals surface area contributed by atoms with Crippen molar-refractivity contribution in [3.8, 4) is 0 Å². The molecule has 1 amide bonds. The van der Waals surface area contributed by atoms with Gasteiger partial charge in [-0.1, -0.05) is 25.0 Å². The van der Waals surface area contributed by atoms with Crippen LogP contribution in [-0.2, 0) is 4.79 Å². The molecule has 2 aliphatic rings. The second-order valence-corrected chi connectivity index (χ2v) is 8.29. The van der Waals surface area contributed by atoms with Gasteiger partial charge < -0.3 is 10.0 Å². The van der Waals surface area contributed by atoms with E-state index in [1.165, 1.54) is 4.70 Å². The fraction of sp³-hybridized carbons (Fsp3) is 0.579. The highest BCUT2D eigenvalue weighted by Crippen LogP contribution is 2.38. The van der Waals surface area contributed by atoms with Crippen molar-refractivity contribution in [1.82, 2.24) is 9.88 Å². The van der Waals surface area contributed by atoms with Crippen LogP contribution < -0.4 is 0 Å². The molecule has 1 aliphatic heterocycles. The summed E-state index contributed by atoms with van der Waals surface area (Å²) in [5.41, 5.74) is 0.247. The third-order valence-electron chi connectivity index (χ3n) is 5.43. The molecule has 4 rings (SSSR count). The lowest BCUT2D eigenvalue weighted by atomic mass is 9.95. The van der Waals surface area contributed by atoms with Gasteiger partial charge in [-0.25, -0.2) is 4.98 Å². The Kier molecular flexibility index (Phi) is 4.31. The van der Waals surface area contributed by atoms with E-state index >= 15 is 0 Å². The third kappa shape index (κ3) is 3.07. The molecule has 128 valence electrons. The molecule has 0 bridgehead atoms. The second-order valence-electron chi connectivity index (χ2n) is 7.23. The molecule has 1 atom stereocenters. The summed E-state index contributed by atoms with van der Waals surface area (Å²) in [5.74, 6) is 0.100. The molecule has 4 nitrogen and oxygen atoms in total. The number of amides is 1. The van der Waals surface area contributed by atoms with Crippen LogP contribution in [0.1, 0.15) is 62.4 Å². The van der Waals surface area contributed by atoms with E-state index in [1.54, 1.807) is 11.3 Å². The zero-order valence-electron chi connectivity index (χ0n) is 13.9. The zero-order valence-corrected chi connectivity index (χ0v) is 14.7. The molecule has 1 unspecified atom stereocenters. The lowest BCUT2D eigenvalue weighted by Crippen LogP contribution is -2.42. The Labute approximate surface area is 146 Å². The quantitative estimate of drug-likeness (QED) is 0.914. The Bertz CT molecular complexity index is 703. The number of nitrogens with zero attached hydrogens (tertiary/aromatic N) is 2. The van der Waals surface area contributed by atoms with Crippen LogP contribution in [0.2, 0.25) is 0 Å². The van der Waals surface area contributed by atoms with Gasteiger partial charge >= 0.3 is 0 Å². The van der Waals surface area contributed by atoms with E-state index in [-0.39, 0.29) is 18.4 Å². The number of para-hydroxylation sites is 1. The maximum atomic E-state index is 12.9. The van der Waals surface area contributed by atoms with E-state index in [1.807, 2.05) is 23.1 Å². The predicted octanol–water partition coefficient (Wildman–Crippen LogP) is 4.05. The first-order valence-corrected chi connectivity index (χ1v) is 9.84. The summed E-state index contributed by atoms with van der Waals surface area (Å²) in [4.78, 5) is 19.7. The van der Waals surface area contributed by atoms with Crippen LogP contribution in [-0.4, -0.2) is 33.0 Å². The number of aromatic nitrogens is 1. The van der Waals surface area contributed by atoms with Gasteiger partial charge in [0.25, 0.3) is 0 Å². The van der Waals surface area contributed by atoms with Crippen molar-refractivity contribution in [2.75, 3.05) is 6.54 Å². The Hall–Kier alpha value is -1.46. The molecular formula is C19H24N2O2S. The number of fused-ring (bicyclic) bond motifs is 1. The summed E-state index contributed by atoms with van der Waals surface area (Å²) in [6.45, 7) is 0.787. The Morgan fingerprint density at radius 3 is 2.83 bits per heavy atom. The molecule has 2 aromatic rings. The van der Waals surface area contributed by atoms with Crippen LogP contribution >= 0.6 is 11.3 Å². The number of aliphatic hydroxyl groups is 1. The molecule has 1 saturated carbocycles. The van der Waals surface area contributed by atoms with Gasteiger partial charge in [0.05, 0.1) is 28.3 Å². The van der Waals surface area contributed by atoms with E-state index in [0.29, 0.717) is 0 Å². The number of likely N-dealkylation sites (tertiary alicyclic amines) is 1. The lowest BCUT2D eigenvalue weighted by molar-refractivity contribution is -0.140. The maximum absolute atomic E-state index is 12.9. The van der Waals surface area contributed by atoms with E-state index in [2.05, 4.69) is 6.07 Å². The Morgan fingerprint density at radius 2 is 2.04 bits per heavy atom. The lowest BCUT2D eigenvalue weighted by Gasteiger charge is -2.36. The molecule has 1 aromatic heterocycles. The van der Waals surface area contributed by atoms with Crippen LogP contribution in [0.5, 0.6) is 0 Å². The number of thiazole rings is 1. The smallest absolute Gasteiger partial charge is 0.226 e. The molecule has 0 spiro atoms. The first kappa shape index (κ1) is 16.0. The molecule has 2 fully saturated rings. The van der Waals surface area contributed by atoms with E-state index in [4.69, 9.17) is 4.98 Å². The summed E-state index contributed by atoms with van der Waals surface area (Å²) in [6.07, 6.45) is 7.02. The van der Waals surface area contributed by atoms with Gasteiger partial charge in [0.2, 0.25) is 5.91 Å². The van der Waals surface area contributed by atoms with Gasteiger partial charge in [0.15, 0.2) is 0 Å². The molecule has 1 aliphatic carbocycles. The van der Waals surface area contributed by atoms with Crippen molar-refractivity contribution in [3.05, 3.63) is 29.3 Å². The highest BCUT2D eigenvalue weighted by Gasteiger charge is 2.38. The van der Waals surface area contributed by atoms with Gasteiger partial charge in [0, 0.05) is 6.54 Å². The molecule has 0 radical (unpaired) electrons. The monoisotopic (exact) mass is 344 g/mol. The van der Waals surface area contributed by atoms with Gasteiger partial charge in [-0.3, -0.25) is 4.79 Å². The van der Waals surface area contributed by atoms with Crippen LogP contribution in [0.4, 0.5) is 0 Å². The number of hydrogen-bond acceptors (Lipinski definition) is 4. The minimum atomic E-state index is -0.771. The van der Waals surface area contributed by atoms with Gasteiger partial charge in [0.1, 0.15) is 5.01 Å². The standard InChI is InChI=1S/C19H24N2O2S/c22-17(13-19(23)10-4-5-11-19)21-12-6-3-8-15(21)18-20-14-7-1-2-9-16(14)24-18/h1-2,7,9,15,23H,3-6,8,10-13H2. The van der Waals surface area contributed by atoms with Crippen LogP contribution in [0.25, 0.3) is 10.2 Å². The van der Waals surface area contributed by atoms with E-state index in [9.17, 15) is 9.90 Å². The highest BCUT2D eigenvalue weighted by atomic mass is 32.1. The number of rotatable bonds is 3. The molecule has 1 N–H and O–H groups in total. The number of benzene rings is 1. The van der Waals surface area contributed by atoms with Gasteiger partial charge in [-0.05, 0) is 44.2 Å². The van der Waals surface area contributed by atoms with E-state index < -0.39 is 5.60 Å². The average molecular weight is 344 g/mol. The first-order valence-electron chi connectivity index (χ1n) is 9.02. The maximum Gasteiger partial charge on any atom is 0.226 e. The molecule has 2 heterocycles. The summed E-state index contributed by atoms with van der Waals surface area (Å²) in [5, 5.41) is 11.6. The zero-order chi connectivity index (χ0) is 16.6. The van der Waals surface area contributed by atoms with Crippen LogP contribution in [0.3, 0.4) is 0 Å². The fourth-order valence-corrected chi connectivity index (χ4v) is 5.23. The van der Waals surface area contributed by atoms with Crippen LogP contribution in [0, 0.1) is 0 Å². The fourth-order valence-electron chi connectivity index (χ4n) is 4.11. The van der Waals surface area contributed by atoms with E-state index in [0.717, 1.165) is 62.0 Å². The van der Waals surface area contributed by atoms with Crippen molar-refractivity contribution in [2.45, 2.75) is 63.0 Å². The minimum Gasteiger partial charge on any atom is -0.389 e. The van der Waals surface area contributed by atoms with Crippen LogP contribution in [0.15, 0.2) is 24.3 Å². The molecule has 1 saturated heterocycles. The Balaban J connectivity index is 1.57. The van der Waals surface area contributed by atoms with Crippen molar-refractivity contribution in [2.24, 2.45) is 0 Å². The molecular weight excluding hydrogens is 320 g/mol. The first-order chi connectivity index (χ1) is 11.6. The summed E-state index contributed by atoms with van der Waals surface area (Å²) in [7, 11) is 0. The number of carbonyl (C=O) groups excluding carboxylic acids is 1. The van der Waals surface area contributed by atoms with Crippen molar-refractivity contribution < 1.29 is 9.90 Å². The largest absolute Gasteiger partial charge is 0.389 e. The number of carbonyl (C=O) groups is 1. The SMILES string of the molecule is O=C(CC1(O)CCCC1)N1CCCCC1c1nc2ccccc2s1. The molecule has 5 heteroatoms. The Morgan fingerprint density at radius 1 is 1.25 bits per heavy atom. The minimum absolute atomic E-state index is 0.0775. The van der Waals surface area contributed by atoms with Crippen molar-refractivity contribution in [1.29, 1.82) is 0 Å². The second kappa shape index (κ2) is 6.45. The summed E-state index contributed by atoms with van der Waals surface area (Å²) >= 11 is 1.70. The highest BCUT2D eigenvalue weighted by molar-refractivity contribution is 7.18. The number of piperidine rings is 1. The normalized spacial score (nSPS) is 23.7. The summed E-state index contributed by atoms with van der Waals surface area (Å²) < 4.78 is 1.18.